The van der Waals surface area contributed by atoms with Crippen LogP contribution in [0, 0.1) is 0 Å². The van der Waals surface area contributed by atoms with Gasteiger partial charge >= 0.3 is 0 Å². The summed E-state index contributed by atoms with van der Waals surface area (Å²) < 4.78 is 0. The van der Waals surface area contributed by atoms with E-state index < -0.39 is 6.10 Å². The summed E-state index contributed by atoms with van der Waals surface area (Å²) in [4.78, 5) is 0. The van der Waals surface area contributed by atoms with E-state index in [2.05, 4.69) is 18.7 Å². The minimum atomic E-state index is -0.450. The predicted octanol–water partition coefficient (Wildman–Crippen LogP) is 3.45. The number of hydrogen-bond acceptors (Lipinski definition) is 1. The standard InChI is InChI=1S/C14H14O/c1-2-6-14(15)13-10-5-8-11-7-3-4-9-12(11)13/h2-5,7-10,14-15H,1,6H2/t14-/m1/s1. The van der Waals surface area contributed by atoms with Crippen LogP contribution in [0.2, 0.25) is 0 Å². The molecule has 0 aliphatic rings. The maximum absolute atomic E-state index is 9.95. The summed E-state index contributed by atoms with van der Waals surface area (Å²) in [7, 11) is 0. The number of hydrogen-bond donors (Lipinski definition) is 1. The van der Waals surface area contributed by atoms with Crippen LogP contribution in [-0.4, -0.2) is 5.11 Å². The minimum Gasteiger partial charge on any atom is -0.388 e. The number of rotatable bonds is 3. The van der Waals surface area contributed by atoms with E-state index in [0.717, 1.165) is 16.3 Å². The zero-order chi connectivity index (χ0) is 10.7. The fourth-order valence-corrected chi connectivity index (χ4v) is 1.83. The van der Waals surface area contributed by atoms with Crippen molar-refractivity contribution in [3.8, 4) is 0 Å². The summed E-state index contributed by atoms with van der Waals surface area (Å²) in [6.07, 6.45) is 1.88. The molecule has 15 heavy (non-hydrogen) atoms. The molecular weight excluding hydrogens is 184 g/mol. The molecule has 0 saturated carbocycles. The van der Waals surface area contributed by atoms with E-state index in [1.165, 1.54) is 0 Å². The Labute approximate surface area is 89.7 Å². The van der Waals surface area contributed by atoms with E-state index in [1.807, 2.05) is 30.3 Å². The highest BCUT2D eigenvalue weighted by atomic mass is 16.3. The molecule has 1 atom stereocenters. The number of benzene rings is 2. The van der Waals surface area contributed by atoms with Crippen LogP contribution in [0.1, 0.15) is 18.1 Å². The molecule has 0 unspecified atom stereocenters. The van der Waals surface area contributed by atoms with Crippen LogP contribution in [-0.2, 0) is 0 Å². The summed E-state index contributed by atoms with van der Waals surface area (Å²) in [5.41, 5.74) is 0.980. The lowest BCUT2D eigenvalue weighted by molar-refractivity contribution is 0.183. The van der Waals surface area contributed by atoms with Crippen molar-refractivity contribution in [3.63, 3.8) is 0 Å². The molecule has 76 valence electrons. The van der Waals surface area contributed by atoms with Gasteiger partial charge in [-0.05, 0) is 22.8 Å². The Morgan fingerprint density at radius 3 is 2.67 bits per heavy atom. The lowest BCUT2D eigenvalue weighted by atomic mass is 9.99. The highest BCUT2D eigenvalue weighted by Crippen LogP contribution is 2.25. The van der Waals surface area contributed by atoms with Gasteiger partial charge in [-0.3, -0.25) is 0 Å². The summed E-state index contributed by atoms with van der Waals surface area (Å²) in [5.74, 6) is 0. The molecular formula is C14H14O. The average molecular weight is 198 g/mol. The van der Waals surface area contributed by atoms with Crippen LogP contribution in [0.15, 0.2) is 55.1 Å². The molecule has 0 radical (unpaired) electrons. The molecule has 0 fully saturated rings. The van der Waals surface area contributed by atoms with Gasteiger partial charge in [-0.2, -0.15) is 0 Å². The smallest absolute Gasteiger partial charge is 0.0830 e. The van der Waals surface area contributed by atoms with Gasteiger partial charge in [0.25, 0.3) is 0 Å². The quantitative estimate of drug-likeness (QED) is 0.749. The third-order valence-corrected chi connectivity index (χ3v) is 2.57. The van der Waals surface area contributed by atoms with Crippen LogP contribution >= 0.6 is 0 Å². The maximum Gasteiger partial charge on any atom is 0.0830 e. The van der Waals surface area contributed by atoms with E-state index in [1.54, 1.807) is 6.08 Å². The monoisotopic (exact) mass is 198 g/mol. The van der Waals surface area contributed by atoms with Crippen LogP contribution in [0.5, 0.6) is 0 Å². The second kappa shape index (κ2) is 4.28. The Morgan fingerprint density at radius 1 is 1.13 bits per heavy atom. The maximum atomic E-state index is 9.95. The summed E-state index contributed by atoms with van der Waals surface area (Å²) in [6, 6.07) is 14.1. The number of aliphatic hydroxyl groups is 1. The molecule has 0 saturated heterocycles. The van der Waals surface area contributed by atoms with E-state index >= 15 is 0 Å². The molecule has 0 aromatic heterocycles. The Kier molecular flexibility index (Phi) is 2.84. The molecule has 1 heteroatoms. The van der Waals surface area contributed by atoms with Crippen molar-refractivity contribution in [2.45, 2.75) is 12.5 Å². The second-order valence-corrected chi connectivity index (χ2v) is 3.61. The second-order valence-electron chi connectivity index (χ2n) is 3.61. The van der Waals surface area contributed by atoms with E-state index in [0.29, 0.717) is 6.42 Å². The Bertz CT molecular complexity index is 468. The largest absolute Gasteiger partial charge is 0.388 e. The molecule has 0 amide bonds. The first-order valence-corrected chi connectivity index (χ1v) is 5.09. The highest BCUT2D eigenvalue weighted by molar-refractivity contribution is 5.85. The molecule has 0 spiro atoms. The highest BCUT2D eigenvalue weighted by Gasteiger charge is 2.08. The van der Waals surface area contributed by atoms with Gasteiger partial charge in [0, 0.05) is 0 Å². The first-order valence-electron chi connectivity index (χ1n) is 5.09. The third kappa shape index (κ3) is 1.92. The van der Waals surface area contributed by atoms with Crippen LogP contribution in [0.3, 0.4) is 0 Å². The molecule has 0 aliphatic carbocycles. The third-order valence-electron chi connectivity index (χ3n) is 2.57. The van der Waals surface area contributed by atoms with Gasteiger partial charge in [0.2, 0.25) is 0 Å². The van der Waals surface area contributed by atoms with Crippen LogP contribution in [0.4, 0.5) is 0 Å². The first-order chi connectivity index (χ1) is 7.33. The molecule has 2 aromatic rings. The summed E-state index contributed by atoms with van der Waals surface area (Å²) >= 11 is 0. The molecule has 0 aliphatic heterocycles. The SMILES string of the molecule is C=CC[C@@H](O)c1cccc2ccccc12. The van der Waals surface area contributed by atoms with Gasteiger partial charge in [-0.15, -0.1) is 6.58 Å². The Hall–Kier alpha value is -1.60. The van der Waals surface area contributed by atoms with Gasteiger partial charge in [-0.1, -0.05) is 48.5 Å². The van der Waals surface area contributed by atoms with Crippen LogP contribution < -0.4 is 0 Å². The topological polar surface area (TPSA) is 20.2 Å². The van der Waals surface area contributed by atoms with Crippen molar-refractivity contribution >= 4 is 10.8 Å². The van der Waals surface area contributed by atoms with E-state index in [-0.39, 0.29) is 0 Å². The van der Waals surface area contributed by atoms with Crippen molar-refractivity contribution in [2.24, 2.45) is 0 Å². The van der Waals surface area contributed by atoms with Crippen molar-refractivity contribution in [1.82, 2.24) is 0 Å². The van der Waals surface area contributed by atoms with Crippen molar-refractivity contribution in [1.29, 1.82) is 0 Å². The first kappa shape index (κ1) is 9.94. The molecule has 0 bridgehead atoms. The molecule has 2 aromatic carbocycles. The zero-order valence-electron chi connectivity index (χ0n) is 8.56. The molecule has 1 N–H and O–H groups in total. The van der Waals surface area contributed by atoms with Gasteiger partial charge < -0.3 is 5.11 Å². The Balaban J connectivity index is 2.55. The Morgan fingerprint density at radius 2 is 1.87 bits per heavy atom. The molecule has 0 heterocycles. The summed E-state index contributed by atoms with van der Waals surface area (Å²) in [6.45, 7) is 3.65. The summed E-state index contributed by atoms with van der Waals surface area (Å²) in [5, 5.41) is 12.2. The van der Waals surface area contributed by atoms with Crippen molar-refractivity contribution < 1.29 is 5.11 Å². The van der Waals surface area contributed by atoms with Gasteiger partial charge in [-0.25, -0.2) is 0 Å². The van der Waals surface area contributed by atoms with Gasteiger partial charge in [0.05, 0.1) is 6.10 Å². The normalized spacial score (nSPS) is 12.6. The van der Waals surface area contributed by atoms with Gasteiger partial charge in [0.15, 0.2) is 0 Å². The van der Waals surface area contributed by atoms with Crippen molar-refractivity contribution in [2.75, 3.05) is 0 Å². The molecule has 2 rings (SSSR count). The average Bonchev–Trinajstić information content (AvgIpc) is 2.28. The lowest BCUT2D eigenvalue weighted by Gasteiger charge is -2.11. The molecule has 1 nitrogen and oxygen atoms in total. The minimum absolute atomic E-state index is 0.450. The lowest BCUT2D eigenvalue weighted by Crippen LogP contribution is -1.96. The zero-order valence-corrected chi connectivity index (χ0v) is 8.56. The van der Waals surface area contributed by atoms with E-state index in [9.17, 15) is 5.11 Å². The fourth-order valence-electron chi connectivity index (χ4n) is 1.83. The van der Waals surface area contributed by atoms with E-state index in [4.69, 9.17) is 0 Å². The van der Waals surface area contributed by atoms with Crippen molar-refractivity contribution in [3.05, 3.63) is 60.7 Å². The predicted molar refractivity (Wildman–Crippen MR) is 63.7 cm³/mol. The van der Waals surface area contributed by atoms with Gasteiger partial charge in [0.1, 0.15) is 0 Å². The fraction of sp³-hybridized carbons (Fsp3) is 0.143. The van der Waals surface area contributed by atoms with Crippen LogP contribution in [0.25, 0.3) is 10.8 Å². The number of aliphatic hydroxyl groups excluding tert-OH is 1. The number of fused-ring (bicyclic) bond motifs is 1.